The molecular formula is C13H17NO2. The maximum Gasteiger partial charge on any atom is 0.328 e. The second kappa shape index (κ2) is 3.91. The third kappa shape index (κ3) is 1.43. The van der Waals surface area contributed by atoms with Crippen molar-refractivity contribution in [1.82, 2.24) is 4.90 Å². The largest absolute Gasteiger partial charge is 0.480 e. The van der Waals surface area contributed by atoms with Crippen LogP contribution < -0.4 is 0 Å². The molecule has 1 aliphatic rings. The highest BCUT2D eigenvalue weighted by atomic mass is 16.4. The van der Waals surface area contributed by atoms with Gasteiger partial charge in [0.1, 0.15) is 5.54 Å². The van der Waals surface area contributed by atoms with E-state index in [-0.39, 0.29) is 0 Å². The summed E-state index contributed by atoms with van der Waals surface area (Å²) in [4.78, 5) is 13.5. The summed E-state index contributed by atoms with van der Waals surface area (Å²) >= 11 is 0. The van der Waals surface area contributed by atoms with E-state index < -0.39 is 11.5 Å². The molecule has 0 heterocycles. The van der Waals surface area contributed by atoms with Gasteiger partial charge >= 0.3 is 5.97 Å². The molecule has 0 spiro atoms. The van der Waals surface area contributed by atoms with Crippen molar-refractivity contribution in [2.45, 2.75) is 24.8 Å². The molecule has 1 aliphatic carbocycles. The third-order valence-electron chi connectivity index (χ3n) is 3.56. The minimum atomic E-state index is -0.838. The van der Waals surface area contributed by atoms with Gasteiger partial charge in [-0.3, -0.25) is 4.90 Å². The molecule has 0 saturated carbocycles. The zero-order valence-corrected chi connectivity index (χ0v) is 9.73. The van der Waals surface area contributed by atoms with Crippen molar-refractivity contribution in [3.63, 3.8) is 0 Å². The minimum Gasteiger partial charge on any atom is -0.480 e. The average molecular weight is 219 g/mol. The Kier molecular flexibility index (Phi) is 2.72. The van der Waals surface area contributed by atoms with Crippen LogP contribution in [0.1, 0.15) is 24.0 Å². The molecule has 0 saturated heterocycles. The smallest absolute Gasteiger partial charge is 0.328 e. The van der Waals surface area contributed by atoms with Gasteiger partial charge < -0.3 is 5.11 Å². The lowest BCUT2D eigenvalue weighted by atomic mass is 9.75. The molecule has 0 fully saturated rings. The van der Waals surface area contributed by atoms with Crippen molar-refractivity contribution in [2.75, 3.05) is 14.1 Å². The number of likely N-dealkylation sites (N-methyl/N-ethyl adjacent to an activating group) is 1. The van der Waals surface area contributed by atoms with Gasteiger partial charge in [-0.2, -0.15) is 0 Å². The van der Waals surface area contributed by atoms with E-state index in [1.54, 1.807) is 0 Å². The van der Waals surface area contributed by atoms with Gasteiger partial charge in [0, 0.05) is 0 Å². The first-order valence-electron chi connectivity index (χ1n) is 5.58. The molecule has 1 aromatic carbocycles. The molecule has 0 radical (unpaired) electrons. The van der Waals surface area contributed by atoms with Crippen LogP contribution in [0.15, 0.2) is 24.3 Å². The number of hydrogen-bond acceptors (Lipinski definition) is 2. The predicted octanol–water partition coefficient (Wildman–Crippen LogP) is 1.86. The fourth-order valence-electron chi connectivity index (χ4n) is 2.69. The summed E-state index contributed by atoms with van der Waals surface area (Å²) in [5.41, 5.74) is 1.29. The van der Waals surface area contributed by atoms with Gasteiger partial charge in [0.25, 0.3) is 0 Å². The first-order chi connectivity index (χ1) is 7.59. The molecule has 3 heteroatoms. The molecule has 1 atom stereocenters. The minimum absolute atomic E-state index is 0.687. The van der Waals surface area contributed by atoms with E-state index >= 15 is 0 Å². The van der Waals surface area contributed by atoms with Crippen LogP contribution in [0, 0.1) is 0 Å². The fraction of sp³-hybridized carbons (Fsp3) is 0.462. The van der Waals surface area contributed by atoms with Crippen LogP contribution in [0.25, 0.3) is 0 Å². The molecule has 3 nitrogen and oxygen atoms in total. The van der Waals surface area contributed by atoms with Crippen LogP contribution in [-0.2, 0) is 16.8 Å². The Balaban J connectivity index is 2.61. The van der Waals surface area contributed by atoms with Gasteiger partial charge in [-0.1, -0.05) is 24.3 Å². The Morgan fingerprint density at radius 3 is 2.69 bits per heavy atom. The number of carbonyl (C=O) groups is 1. The Morgan fingerprint density at radius 1 is 1.38 bits per heavy atom. The molecule has 0 aliphatic heterocycles. The van der Waals surface area contributed by atoms with Crippen molar-refractivity contribution in [1.29, 1.82) is 0 Å². The Hall–Kier alpha value is -1.35. The van der Waals surface area contributed by atoms with Gasteiger partial charge in [-0.15, -0.1) is 0 Å². The van der Waals surface area contributed by atoms with Gasteiger partial charge in [0.05, 0.1) is 0 Å². The molecule has 1 aromatic rings. The van der Waals surface area contributed by atoms with E-state index in [0.29, 0.717) is 6.42 Å². The number of fused-ring (bicyclic) bond motifs is 1. The van der Waals surface area contributed by atoms with Crippen LogP contribution in [0.5, 0.6) is 0 Å². The summed E-state index contributed by atoms with van der Waals surface area (Å²) in [5.74, 6) is -0.746. The standard InChI is InChI=1S/C13H17NO2/c1-14(2)13(12(15)16)9-5-7-10-6-3-4-8-11(10)13/h3-4,6,8H,5,7,9H2,1-2H3,(H,15,16). The lowest BCUT2D eigenvalue weighted by Gasteiger charge is -2.40. The van der Waals surface area contributed by atoms with E-state index in [1.165, 1.54) is 5.56 Å². The number of aryl methyl sites for hydroxylation is 1. The summed E-state index contributed by atoms with van der Waals surface area (Å²) in [5, 5.41) is 9.56. The second-order valence-electron chi connectivity index (χ2n) is 4.57. The summed E-state index contributed by atoms with van der Waals surface area (Å²) < 4.78 is 0. The number of aliphatic carboxylic acids is 1. The van der Waals surface area contributed by atoms with Gasteiger partial charge in [0.2, 0.25) is 0 Å². The highest BCUT2D eigenvalue weighted by Crippen LogP contribution is 2.39. The molecule has 2 rings (SSSR count). The van der Waals surface area contributed by atoms with Gasteiger partial charge in [-0.05, 0) is 44.5 Å². The number of carboxylic acids is 1. The first-order valence-corrected chi connectivity index (χ1v) is 5.58. The van der Waals surface area contributed by atoms with Crippen molar-refractivity contribution >= 4 is 5.97 Å². The molecule has 0 bridgehead atoms. The van der Waals surface area contributed by atoms with Crippen molar-refractivity contribution in [3.05, 3.63) is 35.4 Å². The number of rotatable bonds is 2. The summed E-state index contributed by atoms with van der Waals surface area (Å²) in [7, 11) is 3.69. The second-order valence-corrected chi connectivity index (χ2v) is 4.57. The molecule has 1 unspecified atom stereocenters. The highest BCUT2D eigenvalue weighted by Gasteiger charge is 2.45. The molecule has 16 heavy (non-hydrogen) atoms. The molecule has 0 amide bonds. The Morgan fingerprint density at radius 2 is 2.06 bits per heavy atom. The van der Waals surface area contributed by atoms with Gasteiger partial charge in [0.15, 0.2) is 0 Å². The Labute approximate surface area is 95.7 Å². The summed E-state index contributed by atoms with van der Waals surface area (Å²) in [6.45, 7) is 0. The molecular weight excluding hydrogens is 202 g/mol. The normalized spacial score (nSPS) is 24.2. The van der Waals surface area contributed by atoms with E-state index in [4.69, 9.17) is 0 Å². The lowest BCUT2D eigenvalue weighted by Crippen LogP contribution is -2.50. The van der Waals surface area contributed by atoms with E-state index in [1.807, 2.05) is 43.3 Å². The van der Waals surface area contributed by atoms with E-state index in [9.17, 15) is 9.90 Å². The highest BCUT2D eigenvalue weighted by molar-refractivity contribution is 5.81. The quantitative estimate of drug-likeness (QED) is 0.825. The average Bonchev–Trinajstić information content (AvgIpc) is 2.27. The maximum absolute atomic E-state index is 11.6. The van der Waals surface area contributed by atoms with Crippen LogP contribution in [0.4, 0.5) is 0 Å². The SMILES string of the molecule is CN(C)C1(C(=O)O)CCCc2ccccc21. The monoisotopic (exact) mass is 219 g/mol. The predicted molar refractivity (Wildman–Crippen MR) is 62.4 cm³/mol. The third-order valence-corrected chi connectivity index (χ3v) is 3.56. The van der Waals surface area contributed by atoms with Crippen LogP contribution >= 0.6 is 0 Å². The van der Waals surface area contributed by atoms with Crippen LogP contribution in [0.3, 0.4) is 0 Å². The van der Waals surface area contributed by atoms with E-state index in [0.717, 1.165) is 18.4 Å². The molecule has 0 aromatic heterocycles. The molecule has 1 N–H and O–H groups in total. The van der Waals surface area contributed by atoms with Gasteiger partial charge in [-0.25, -0.2) is 4.79 Å². The number of carboxylic acid groups (broad SMARTS) is 1. The fourth-order valence-corrected chi connectivity index (χ4v) is 2.69. The zero-order chi connectivity index (χ0) is 11.8. The topological polar surface area (TPSA) is 40.5 Å². The number of hydrogen-bond donors (Lipinski definition) is 1. The van der Waals surface area contributed by atoms with Crippen molar-refractivity contribution in [3.8, 4) is 0 Å². The van der Waals surface area contributed by atoms with E-state index in [2.05, 4.69) is 0 Å². The number of nitrogens with zero attached hydrogens (tertiary/aromatic N) is 1. The summed E-state index contributed by atoms with van der Waals surface area (Å²) in [6.07, 6.45) is 2.60. The Bertz CT molecular complexity index is 414. The van der Waals surface area contributed by atoms with Crippen LogP contribution in [-0.4, -0.2) is 30.1 Å². The zero-order valence-electron chi connectivity index (χ0n) is 9.73. The molecule has 86 valence electrons. The van der Waals surface area contributed by atoms with Crippen molar-refractivity contribution in [2.24, 2.45) is 0 Å². The van der Waals surface area contributed by atoms with Crippen LogP contribution in [0.2, 0.25) is 0 Å². The van der Waals surface area contributed by atoms with Crippen molar-refractivity contribution < 1.29 is 9.90 Å². The lowest BCUT2D eigenvalue weighted by molar-refractivity contribution is -0.151. The first kappa shape index (κ1) is 11.1. The summed E-state index contributed by atoms with van der Waals surface area (Å²) in [6, 6.07) is 7.88. The maximum atomic E-state index is 11.6. The number of benzene rings is 1.